The predicted octanol–water partition coefficient (Wildman–Crippen LogP) is 3.87. The summed E-state index contributed by atoms with van der Waals surface area (Å²) >= 11 is 6.53. The fourth-order valence-electron chi connectivity index (χ4n) is 1.54. The molecule has 1 aromatic heterocycles. The van der Waals surface area contributed by atoms with Gasteiger partial charge in [0, 0.05) is 15.1 Å². The van der Waals surface area contributed by atoms with Gasteiger partial charge in [-0.25, -0.2) is 4.98 Å². The van der Waals surface area contributed by atoms with E-state index >= 15 is 0 Å². The van der Waals surface area contributed by atoms with Crippen LogP contribution in [-0.2, 0) is 0 Å². The molecule has 0 fully saturated rings. The highest BCUT2D eigenvalue weighted by atomic mass is 79.9. The molecule has 2 rings (SSSR count). The Labute approximate surface area is 127 Å². The molecule has 0 radical (unpaired) electrons. The average Bonchev–Trinajstić information content (AvgIpc) is 2.32. The third kappa shape index (κ3) is 3.33. The number of rotatable bonds is 2. The number of carbonyl (C=O) groups excluding carboxylic acids is 1. The molecule has 0 saturated heterocycles. The van der Waals surface area contributed by atoms with E-state index in [0.29, 0.717) is 10.3 Å². The molecule has 6 heteroatoms. The van der Waals surface area contributed by atoms with Crippen molar-refractivity contribution in [1.82, 2.24) is 4.98 Å². The minimum atomic E-state index is -0.400. The summed E-state index contributed by atoms with van der Waals surface area (Å²) < 4.78 is 1.55. The number of hydrogen-bond acceptors (Lipinski definition) is 3. The van der Waals surface area contributed by atoms with Crippen molar-refractivity contribution < 1.29 is 9.90 Å². The highest BCUT2D eigenvalue weighted by molar-refractivity contribution is 9.10. The first-order valence-corrected chi connectivity index (χ1v) is 6.98. The van der Waals surface area contributed by atoms with Crippen molar-refractivity contribution in [2.45, 2.75) is 6.92 Å². The number of aryl methyl sites for hydroxylation is 1. The lowest BCUT2D eigenvalue weighted by molar-refractivity contribution is 0.102. The molecule has 2 aromatic rings. The van der Waals surface area contributed by atoms with Crippen molar-refractivity contribution in [3.63, 3.8) is 0 Å². The van der Waals surface area contributed by atoms with Crippen molar-refractivity contribution in [2.24, 2.45) is 0 Å². The van der Waals surface area contributed by atoms with Gasteiger partial charge in [-0.2, -0.15) is 0 Å². The molecule has 0 bridgehead atoms. The summed E-state index contributed by atoms with van der Waals surface area (Å²) in [6, 6.07) is 6.56. The van der Waals surface area contributed by atoms with E-state index in [1.807, 2.05) is 13.0 Å². The van der Waals surface area contributed by atoms with Gasteiger partial charge >= 0.3 is 0 Å². The Bertz CT molecular complexity index is 645. The maximum atomic E-state index is 12.0. The zero-order valence-corrected chi connectivity index (χ0v) is 13.1. The number of benzene rings is 1. The van der Waals surface area contributed by atoms with E-state index in [9.17, 15) is 9.90 Å². The first kappa shape index (κ1) is 14.0. The number of pyridine rings is 1. The van der Waals surface area contributed by atoms with Crippen molar-refractivity contribution in [2.75, 3.05) is 5.32 Å². The summed E-state index contributed by atoms with van der Waals surface area (Å²) in [4.78, 5) is 16.2. The Hall–Kier alpha value is -1.40. The number of aromatic hydroxyl groups is 1. The molecule has 98 valence electrons. The van der Waals surface area contributed by atoms with E-state index in [0.717, 1.165) is 10.0 Å². The monoisotopic (exact) mass is 384 g/mol. The lowest BCUT2D eigenvalue weighted by atomic mass is 10.2. The highest BCUT2D eigenvalue weighted by Gasteiger charge is 2.13. The van der Waals surface area contributed by atoms with Gasteiger partial charge < -0.3 is 10.4 Å². The van der Waals surface area contributed by atoms with Gasteiger partial charge in [-0.15, -0.1) is 0 Å². The molecule has 0 atom stereocenters. The smallest absolute Gasteiger partial charge is 0.260 e. The summed E-state index contributed by atoms with van der Waals surface area (Å²) in [5.41, 5.74) is 1.03. The summed E-state index contributed by atoms with van der Waals surface area (Å²) in [5, 5.41) is 12.4. The number of nitrogens with one attached hydrogen (secondary N) is 1. The lowest BCUT2D eigenvalue weighted by Gasteiger charge is -2.09. The number of halogens is 2. The first-order chi connectivity index (χ1) is 8.97. The van der Waals surface area contributed by atoms with Crippen LogP contribution in [0.3, 0.4) is 0 Å². The van der Waals surface area contributed by atoms with Crippen LogP contribution in [0.4, 0.5) is 5.82 Å². The van der Waals surface area contributed by atoms with E-state index in [-0.39, 0.29) is 11.3 Å². The molecule has 1 amide bonds. The second kappa shape index (κ2) is 5.71. The van der Waals surface area contributed by atoms with Gasteiger partial charge in [0.25, 0.3) is 5.91 Å². The van der Waals surface area contributed by atoms with Gasteiger partial charge in [0.15, 0.2) is 0 Å². The van der Waals surface area contributed by atoms with Gasteiger partial charge in [0.2, 0.25) is 0 Å². The second-order valence-electron chi connectivity index (χ2n) is 3.93. The Morgan fingerprint density at radius 2 is 2.00 bits per heavy atom. The van der Waals surface area contributed by atoms with Crippen LogP contribution in [0, 0.1) is 6.92 Å². The molecule has 0 spiro atoms. The average molecular weight is 386 g/mol. The Morgan fingerprint density at radius 1 is 1.26 bits per heavy atom. The summed E-state index contributed by atoms with van der Waals surface area (Å²) in [6.07, 6.45) is 1.60. The van der Waals surface area contributed by atoms with Crippen LogP contribution < -0.4 is 5.32 Å². The topological polar surface area (TPSA) is 62.2 Å². The van der Waals surface area contributed by atoms with Crippen molar-refractivity contribution >= 4 is 43.6 Å². The van der Waals surface area contributed by atoms with Gasteiger partial charge in [-0.1, -0.05) is 15.9 Å². The Kier molecular flexibility index (Phi) is 4.21. The number of phenolic OH excluding ortho intramolecular Hbond substituents is 1. The number of anilines is 1. The second-order valence-corrected chi connectivity index (χ2v) is 5.77. The molecule has 0 aliphatic carbocycles. The summed E-state index contributed by atoms with van der Waals surface area (Å²) in [5.74, 6) is -0.0138. The van der Waals surface area contributed by atoms with Crippen LogP contribution in [-0.4, -0.2) is 16.0 Å². The third-order valence-corrected chi connectivity index (χ3v) is 3.41. The number of phenols is 1. The normalized spacial score (nSPS) is 10.3. The maximum Gasteiger partial charge on any atom is 0.260 e. The molecule has 0 unspecified atom stereocenters. The van der Waals surface area contributed by atoms with E-state index in [1.165, 1.54) is 6.07 Å². The molecule has 0 saturated carbocycles. The molecule has 1 aromatic carbocycles. The first-order valence-electron chi connectivity index (χ1n) is 5.39. The predicted molar refractivity (Wildman–Crippen MR) is 80.4 cm³/mol. The fourth-order valence-corrected chi connectivity index (χ4v) is 2.34. The highest BCUT2D eigenvalue weighted by Crippen LogP contribution is 2.24. The third-order valence-electron chi connectivity index (χ3n) is 2.48. The zero-order valence-electron chi connectivity index (χ0n) is 9.95. The SMILES string of the molecule is Cc1cc(Br)cnc1NC(=O)c1ccc(Br)cc1O. The van der Waals surface area contributed by atoms with Crippen LogP contribution in [0.5, 0.6) is 5.75 Å². The molecule has 0 aliphatic heterocycles. The molecular formula is C13H10Br2N2O2. The fraction of sp³-hybridized carbons (Fsp3) is 0.0769. The molecule has 1 heterocycles. The number of aromatic nitrogens is 1. The Morgan fingerprint density at radius 3 is 2.63 bits per heavy atom. The summed E-state index contributed by atoms with van der Waals surface area (Å²) in [6.45, 7) is 1.84. The van der Waals surface area contributed by atoms with E-state index < -0.39 is 5.91 Å². The van der Waals surface area contributed by atoms with Crippen molar-refractivity contribution in [3.8, 4) is 5.75 Å². The molecule has 19 heavy (non-hydrogen) atoms. The van der Waals surface area contributed by atoms with E-state index in [4.69, 9.17) is 0 Å². The maximum absolute atomic E-state index is 12.0. The van der Waals surface area contributed by atoms with Gasteiger partial charge in [-0.05, 0) is 52.7 Å². The zero-order chi connectivity index (χ0) is 14.0. The molecular weight excluding hydrogens is 376 g/mol. The number of nitrogens with zero attached hydrogens (tertiary/aromatic N) is 1. The van der Waals surface area contributed by atoms with Crippen molar-refractivity contribution in [3.05, 3.63) is 50.5 Å². The minimum absolute atomic E-state index is 0.0818. The van der Waals surface area contributed by atoms with Crippen molar-refractivity contribution in [1.29, 1.82) is 0 Å². The Balaban J connectivity index is 2.25. The van der Waals surface area contributed by atoms with Crippen LogP contribution in [0.25, 0.3) is 0 Å². The van der Waals surface area contributed by atoms with E-state index in [1.54, 1.807) is 18.3 Å². The van der Waals surface area contributed by atoms with Gasteiger partial charge in [-0.3, -0.25) is 4.79 Å². The summed E-state index contributed by atoms with van der Waals surface area (Å²) in [7, 11) is 0. The van der Waals surface area contributed by atoms with Crippen LogP contribution >= 0.6 is 31.9 Å². The van der Waals surface area contributed by atoms with E-state index in [2.05, 4.69) is 42.2 Å². The number of hydrogen-bond donors (Lipinski definition) is 2. The largest absolute Gasteiger partial charge is 0.507 e. The van der Waals surface area contributed by atoms with Crippen LogP contribution in [0.2, 0.25) is 0 Å². The van der Waals surface area contributed by atoms with Gasteiger partial charge in [0.05, 0.1) is 5.56 Å². The quantitative estimate of drug-likeness (QED) is 0.824. The molecule has 0 aliphatic rings. The van der Waals surface area contributed by atoms with Crippen LogP contribution in [0.1, 0.15) is 15.9 Å². The molecule has 2 N–H and O–H groups in total. The lowest BCUT2D eigenvalue weighted by Crippen LogP contribution is -2.14. The number of amides is 1. The minimum Gasteiger partial charge on any atom is -0.507 e. The number of carbonyl (C=O) groups is 1. The van der Waals surface area contributed by atoms with Crippen LogP contribution in [0.15, 0.2) is 39.4 Å². The molecule has 4 nitrogen and oxygen atoms in total. The van der Waals surface area contributed by atoms with Gasteiger partial charge in [0.1, 0.15) is 11.6 Å². The standard InChI is InChI=1S/C13H10Br2N2O2/c1-7-4-9(15)6-16-12(7)17-13(19)10-3-2-8(14)5-11(10)18/h2-6,18H,1H3,(H,16,17,19).